The molecule has 0 saturated heterocycles. The number of nitrogens with one attached hydrogen (secondary N) is 2. The third-order valence-corrected chi connectivity index (χ3v) is 3.63. The molecule has 0 unspecified atom stereocenters. The van der Waals surface area contributed by atoms with Crippen LogP contribution in [0.4, 0.5) is 17.1 Å². The number of hydrogen-bond donors (Lipinski definition) is 2. The summed E-state index contributed by atoms with van der Waals surface area (Å²) in [7, 11) is 1.55. The Morgan fingerprint density at radius 3 is 2.65 bits per heavy atom. The van der Waals surface area contributed by atoms with Crippen LogP contribution >= 0.6 is 0 Å². The Labute approximate surface area is 151 Å². The summed E-state index contributed by atoms with van der Waals surface area (Å²) in [6.07, 6.45) is 1.57. The number of nitrogens with zero attached hydrogens (tertiary/aromatic N) is 2. The highest BCUT2D eigenvalue weighted by Crippen LogP contribution is 2.23. The monoisotopic (exact) mass is 344 g/mol. The predicted octanol–water partition coefficient (Wildman–Crippen LogP) is 3.96. The quantitative estimate of drug-likeness (QED) is 0.731. The van der Waals surface area contributed by atoms with E-state index in [9.17, 15) is 4.79 Å². The summed E-state index contributed by atoms with van der Waals surface area (Å²) in [5.74, 6) is 0.254. The summed E-state index contributed by atoms with van der Waals surface area (Å²) in [4.78, 5) is 16.5. The summed E-state index contributed by atoms with van der Waals surface area (Å²) in [5.41, 5.74) is 2.92. The molecule has 26 heavy (non-hydrogen) atoms. The zero-order valence-corrected chi connectivity index (χ0v) is 14.1. The van der Waals surface area contributed by atoms with E-state index in [-0.39, 0.29) is 11.6 Å². The van der Waals surface area contributed by atoms with Crippen LogP contribution in [0.15, 0.2) is 66.9 Å². The third-order valence-electron chi connectivity index (χ3n) is 3.63. The van der Waals surface area contributed by atoms with Gasteiger partial charge in [-0.3, -0.25) is 4.79 Å². The summed E-state index contributed by atoms with van der Waals surface area (Å²) in [6.45, 7) is 0. The van der Waals surface area contributed by atoms with Crippen molar-refractivity contribution in [1.82, 2.24) is 4.98 Å². The number of rotatable bonds is 5. The molecule has 0 atom stereocenters. The zero-order chi connectivity index (χ0) is 18.4. The summed E-state index contributed by atoms with van der Waals surface area (Å²) in [5, 5.41) is 14.9. The molecule has 0 fully saturated rings. The first-order valence-corrected chi connectivity index (χ1v) is 7.87. The number of amides is 1. The number of hydrogen-bond acceptors (Lipinski definition) is 5. The second kappa shape index (κ2) is 7.81. The second-order valence-electron chi connectivity index (χ2n) is 5.40. The summed E-state index contributed by atoms with van der Waals surface area (Å²) in [6, 6.07) is 19.8. The van der Waals surface area contributed by atoms with Crippen LogP contribution in [0.2, 0.25) is 0 Å². The molecule has 1 amide bonds. The summed E-state index contributed by atoms with van der Waals surface area (Å²) < 4.78 is 5.22. The molecule has 0 aliphatic carbocycles. The average molecular weight is 344 g/mol. The largest absolute Gasteiger partial charge is 0.495 e. The van der Waals surface area contributed by atoms with Crippen LogP contribution in [-0.4, -0.2) is 18.0 Å². The second-order valence-corrected chi connectivity index (χ2v) is 5.40. The molecule has 6 heteroatoms. The van der Waals surface area contributed by atoms with Crippen LogP contribution in [-0.2, 0) is 0 Å². The number of ether oxygens (including phenoxy) is 1. The molecule has 128 valence electrons. The molecule has 0 aliphatic heterocycles. The number of nitriles is 1. The lowest BCUT2D eigenvalue weighted by Gasteiger charge is -2.10. The Morgan fingerprint density at radius 2 is 1.92 bits per heavy atom. The molecule has 3 aromatic rings. The van der Waals surface area contributed by atoms with Crippen LogP contribution in [0.25, 0.3) is 0 Å². The predicted molar refractivity (Wildman–Crippen MR) is 99.6 cm³/mol. The van der Waals surface area contributed by atoms with Gasteiger partial charge in [-0.15, -0.1) is 0 Å². The first kappa shape index (κ1) is 17.0. The van der Waals surface area contributed by atoms with E-state index < -0.39 is 0 Å². The van der Waals surface area contributed by atoms with Gasteiger partial charge in [0.25, 0.3) is 5.91 Å². The molecule has 0 spiro atoms. The number of carbonyl (C=O) groups is 1. The van der Waals surface area contributed by atoms with Gasteiger partial charge in [0.05, 0.1) is 36.3 Å². The molecule has 1 heterocycles. The van der Waals surface area contributed by atoms with Crippen molar-refractivity contribution in [1.29, 1.82) is 5.26 Å². The highest BCUT2D eigenvalue weighted by Gasteiger charge is 2.10. The number of carbonyl (C=O) groups excluding carboxylic acids is 1. The lowest BCUT2D eigenvalue weighted by molar-refractivity contribution is 0.102. The molecule has 0 radical (unpaired) electrons. The molecule has 3 rings (SSSR count). The maximum absolute atomic E-state index is 12.3. The van der Waals surface area contributed by atoms with Gasteiger partial charge in [0.15, 0.2) is 0 Å². The fourth-order valence-electron chi connectivity index (χ4n) is 2.37. The number of pyridine rings is 1. The minimum absolute atomic E-state index is 0.284. The van der Waals surface area contributed by atoms with Gasteiger partial charge in [-0.2, -0.15) is 5.26 Å². The van der Waals surface area contributed by atoms with Crippen molar-refractivity contribution in [2.45, 2.75) is 0 Å². The maximum atomic E-state index is 12.3. The van der Waals surface area contributed by atoms with Gasteiger partial charge < -0.3 is 15.4 Å². The molecule has 1 aromatic heterocycles. The number of anilines is 3. The molecule has 0 saturated carbocycles. The zero-order valence-electron chi connectivity index (χ0n) is 14.1. The molecule has 2 N–H and O–H groups in total. The van der Waals surface area contributed by atoms with Gasteiger partial charge in [0, 0.05) is 5.69 Å². The van der Waals surface area contributed by atoms with Crippen molar-refractivity contribution in [2.75, 3.05) is 17.7 Å². The van der Waals surface area contributed by atoms with Crippen LogP contribution < -0.4 is 15.4 Å². The first-order chi connectivity index (χ1) is 12.7. The van der Waals surface area contributed by atoms with Crippen molar-refractivity contribution in [3.63, 3.8) is 0 Å². The van der Waals surface area contributed by atoms with Crippen molar-refractivity contribution in [3.05, 3.63) is 78.1 Å². The Hall–Kier alpha value is -3.85. The third kappa shape index (κ3) is 3.97. The van der Waals surface area contributed by atoms with Crippen LogP contribution in [0.5, 0.6) is 5.75 Å². The van der Waals surface area contributed by atoms with E-state index in [0.717, 1.165) is 5.69 Å². The van der Waals surface area contributed by atoms with E-state index >= 15 is 0 Å². The van der Waals surface area contributed by atoms with E-state index in [4.69, 9.17) is 10.00 Å². The average Bonchev–Trinajstić information content (AvgIpc) is 2.69. The van der Waals surface area contributed by atoms with Crippen molar-refractivity contribution in [2.24, 2.45) is 0 Å². The molecule has 2 aromatic carbocycles. The Bertz CT molecular complexity index is 962. The number of methoxy groups -OCH3 is 1. The SMILES string of the molecule is COc1ccccc1NC(=O)c1ccc(Nc2cccc(C#N)c2)cn1. The standard InChI is InChI=1S/C20H16N4O2/c1-26-19-8-3-2-7-17(19)24-20(25)18-10-9-16(13-22-18)23-15-6-4-5-14(11-15)12-21/h2-11,13,23H,1H3,(H,24,25). The number of aromatic nitrogens is 1. The van der Waals surface area contributed by atoms with Crippen molar-refractivity contribution in [3.8, 4) is 11.8 Å². The van der Waals surface area contributed by atoms with E-state index in [2.05, 4.69) is 21.7 Å². The van der Waals surface area contributed by atoms with Crippen LogP contribution in [0.3, 0.4) is 0 Å². The van der Waals surface area contributed by atoms with Crippen molar-refractivity contribution < 1.29 is 9.53 Å². The fourth-order valence-corrected chi connectivity index (χ4v) is 2.37. The van der Waals surface area contributed by atoms with Gasteiger partial charge in [0.1, 0.15) is 11.4 Å². The lowest BCUT2D eigenvalue weighted by Crippen LogP contribution is -2.14. The van der Waals surface area contributed by atoms with Gasteiger partial charge in [-0.1, -0.05) is 18.2 Å². The maximum Gasteiger partial charge on any atom is 0.274 e. The van der Waals surface area contributed by atoms with E-state index in [1.165, 1.54) is 0 Å². The van der Waals surface area contributed by atoms with E-state index in [1.807, 2.05) is 18.2 Å². The smallest absolute Gasteiger partial charge is 0.274 e. The van der Waals surface area contributed by atoms with Crippen molar-refractivity contribution >= 4 is 23.0 Å². The van der Waals surface area contributed by atoms with Gasteiger partial charge in [-0.05, 0) is 42.5 Å². The molecule has 0 bridgehead atoms. The molecule has 6 nitrogen and oxygen atoms in total. The highest BCUT2D eigenvalue weighted by atomic mass is 16.5. The number of benzene rings is 2. The Balaban J connectivity index is 1.70. The summed E-state index contributed by atoms with van der Waals surface area (Å²) >= 11 is 0. The highest BCUT2D eigenvalue weighted by molar-refractivity contribution is 6.03. The molecular weight excluding hydrogens is 328 g/mol. The topological polar surface area (TPSA) is 87.0 Å². The van der Waals surface area contributed by atoms with Gasteiger partial charge in [0.2, 0.25) is 0 Å². The van der Waals surface area contributed by atoms with Crippen LogP contribution in [0, 0.1) is 11.3 Å². The minimum atomic E-state index is -0.326. The molecular formula is C20H16N4O2. The Kier molecular flexibility index (Phi) is 5.11. The normalized spacial score (nSPS) is 9.85. The minimum Gasteiger partial charge on any atom is -0.495 e. The van der Waals surface area contributed by atoms with Gasteiger partial charge >= 0.3 is 0 Å². The number of para-hydroxylation sites is 2. The molecule has 0 aliphatic rings. The first-order valence-electron chi connectivity index (χ1n) is 7.87. The lowest BCUT2D eigenvalue weighted by atomic mass is 10.2. The Morgan fingerprint density at radius 1 is 1.08 bits per heavy atom. The van der Waals surface area contributed by atoms with Crippen LogP contribution in [0.1, 0.15) is 16.1 Å². The van der Waals surface area contributed by atoms with E-state index in [0.29, 0.717) is 22.7 Å². The fraction of sp³-hybridized carbons (Fsp3) is 0.0500. The van der Waals surface area contributed by atoms with Gasteiger partial charge in [-0.25, -0.2) is 4.98 Å². The van der Waals surface area contributed by atoms with E-state index in [1.54, 1.807) is 55.8 Å².